The molecule has 1 atom stereocenters. The van der Waals surface area contributed by atoms with Gasteiger partial charge in [-0.25, -0.2) is 10.8 Å². The van der Waals surface area contributed by atoms with Gasteiger partial charge in [0, 0.05) is 13.1 Å². The molecule has 0 aromatic carbocycles. The standard InChI is InChI=1S/C12H19N5O/c1-12(11(13)18)5-6-17(8-12)7-9-3-2-4-10(15-9)16-14/h2-4H,5-8,14H2,1H3,(H2,13,18)(H,15,16). The van der Waals surface area contributed by atoms with Gasteiger partial charge >= 0.3 is 0 Å². The van der Waals surface area contributed by atoms with Crippen molar-refractivity contribution in [1.29, 1.82) is 0 Å². The molecular formula is C12H19N5O. The Kier molecular flexibility index (Phi) is 3.49. The molecule has 98 valence electrons. The molecule has 6 nitrogen and oxygen atoms in total. The predicted octanol–water partition coefficient (Wildman–Crippen LogP) is 0.0645. The molecule has 18 heavy (non-hydrogen) atoms. The van der Waals surface area contributed by atoms with E-state index in [1.54, 1.807) is 6.07 Å². The third-order valence-corrected chi connectivity index (χ3v) is 3.49. The molecule has 0 aliphatic carbocycles. The van der Waals surface area contributed by atoms with Gasteiger partial charge in [0.2, 0.25) is 5.91 Å². The highest BCUT2D eigenvalue weighted by molar-refractivity contribution is 5.81. The van der Waals surface area contributed by atoms with E-state index in [0.29, 0.717) is 18.9 Å². The molecule has 1 aromatic rings. The fraction of sp³-hybridized carbons (Fsp3) is 0.500. The van der Waals surface area contributed by atoms with Gasteiger partial charge in [0.1, 0.15) is 5.82 Å². The molecule has 1 amide bonds. The molecule has 0 spiro atoms. The number of pyridine rings is 1. The summed E-state index contributed by atoms with van der Waals surface area (Å²) in [5.41, 5.74) is 8.47. The van der Waals surface area contributed by atoms with Crippen molar-refractivity contribution in [2.75, 3.05) is 18.5 Å². The van der Waals surface area contributed by atoms with Crippen LogP contribution in [-0.2, 0) is 11.3 Å². The molecular weight excluding hydrogens is 230 g/mol. The van der Waals surface area contributed by atoms with Crippen molar-refractivity contribution < 1.29 is 4.79 Å². The first-order valence-electron chi connectivity index (χ1n) is 5.98. The maximum Gasteiger partial charge on any atom is 0.224 e. The van der Waals surface area contributed by atoms with E-state index in [1.165, 1.54) is 0 Å². The summed E-state index contributed by atoms with van der Waals surface area (Å²) in [7, 11) is 0. The van der Waals surface area contributed by atoms with Gasteiger partial charge in [0.25, 0.3) is 0 Å². The number of anilines is 1. The van der Waals surface area contributed by atoms with Crippen LogP contribution in [0.3, 0.4) is 0 Å². The van der Waals surface area contributed by atoms with Crippen LogP contribution in [0, 0.1) is 5.41 Å². The summed E-state index contributed by atoms with van der Waals surface area (Å²) < 4.78 is 0. The molecule has 1 aliphatic rings. The van der Waals surface area contributed by atoms with Crippen LogP contribution in [0.2, 0.25) is 0 Å². The minimum atomic E-state index is -0.413. The van der Waals surface area contributed by atoms with Gasteiger partial charge in [-0.1, -0.05) is 6.07 Å². The second-order valence-corrected chi connectivity index (χ2v) is 5.04. The average molecular weight is 249 g/mol. The highest BCUT2D eigenvalue weighted by atomic mass is 16.1. The zero-order valence-electron chi connectivity index (χ0n) is 10.5. The smallest absolute Gasteiger partial charge is 0.224 e. The largest absolute Gasteiger partial charge is 0.369 e. The van der Waals surface area contributed by atoms with Gasteiger partial charge in [-0.15, -0.1) is 0 Å². The van der Waals surface area contributed by atoms with Crippen molar-refractivity contribution in [3.8, 4) is 0 Å². The second-order valence-electron chi connectivity index (χ2n) is 5.04. The first-order valence-corrected chi connectivity index (χ1v) is 5.98. The van der Waals surface area contributed by atoms with Crippen LogP contribution in [0.4, 0.5) is 5.82 Å². The number of carbonyl (C=O) groups excluding carboxylic acids is 1. The lowest BCUT2D eigenvalue weighted by Gasteiger charge is -2.20. The van der Waals surface area contributed by atoms with Gasteiger partial charge < -0.3 is 11.2 Å². The molecule has 0 bridgehead atoms. The van der Waals surface area contributed by atoms with Crippen molar-refractivity contribution >= 4 is 11.7 Å². The SMILES string of the molecule is CC1(C(N)=O)CCN(Cc2cccc(NN)n2)C1. The van der Waals surface area contributed by atoms with E-state index in [-0.39, 0.29) is 5.91 Å². The molecule has 1 unspecified atom stereocenters. The molecule has 0 radical (unpaired) electrons. The lowest BCUT2D eigenvalue weighted by Crippen LogP contribution is -2.37. The molecule has 6 heteroatoms. The third-order valence-electron chi connectivity index (χ3n) is 3.49. The van der Waals surface area contributed by atoms with Crippen molar-refractivity contribution in [3.05, 3.63) is 23.9 Å². The minimum Gasteiger partial charge on any atom is -0.369 e. The molecule has 0 saturated carbocycles. The number of nitrogens with one attached hydrogen (secondary N) is 1. The Bertz CT molecular complexity index is 450. The number of nitrogens with zero attached hydrogens (tertiary/aromatic N) is 2. The highest BCUT2D eigenvalue weighted by Gasteiger charge is 2.38. The Morgan fingerprint density at radius 3 is 3.00 bits per heavy atom. The van der Waals surface area contributed by atoms with Gasteiger partial charge in [0.15, 0.2) is 0 Å². The summed E-state index contributed by atoms with van der Waals surface area (Å²) >= 11 is 0. The number of hydrogen-bond acceptors (Lipinski definition) is 5. The molecule has 2 heterocycles. The maximum absolute atomic E-state index is 11.4. The van der Waals surface area contributed by atoms with E-state index < -0.39 is 5.41 Å². The number of rotatable bonds is 4. The number of nitrogen functional groups attached to an aromatic ring is 1. The normalized spacial score (nSPS) is 24.1. The van der Waals surface area contributed by atoms with Crippen LogP contribution in [-0.4, -0.2) is 28.9 Å². The van der Waals surface area contributed by atoms with Crippen LogP contribution in [0.25, 0.3) is 0 Å². The number of amides is 1. The lowest BCUT2D eigenvalue weighted by atomic mass is 9.89. The number of hydrogen-bond donors (Lipinski definition) is 3. The Hall–Kier alpha value is -1.66. The molecule has 5 N–H and O–H groups in total. The van der Waals surface area contributed by atoms with Crippen LogP contribution in [0.1, 0.15) is 19.0 Å². The van der Waals surface area contributed by atoms with Crippen LogP contribution < -0.4 is 17.0 Å². The van der Waals surface area contributed by atoms with E-state index in [1.807, 2.05) is 19.1 Å². The number of nitrogens with two attached hydrogens (primary N) is 2. The summed E-state index contributed by atoms with van der Waals surface area (Å²) in [6.07, 6.45) is 0.803. The summed E-state index contributed by atoms with van der Waals surface area (Å²) in [6.45, 7) is 4.17. The van der Waals surface area contributed by atoms with Gasteiger partial charge in [-0.05, 0) is 32.0 Å². The zero-order valence-corrected chi connectivity index (χ0v) is 10.5. The quantitative estimate of drug-likeness (QED) is 0.518. The van der Waals surface area contributed by atoms with Crippen molar-refractivity contribution in [2.45, 2.75) is 19.9 Å². The number of likely N-dealkylation sites (tertiary alicyclic amines) is 1. The molecule has 1 aliphatic heterocycles. The van der Waals surface area contributed by atoms with Crippen molar-refractivity contribution in [3.63, 3.8) is 0 Å². The zero-order chi connectivity index (χ0) is 13.2. The first-order chi connectivity index (χ1) is 8.53. The van der Waals surface area contributed by atoms with Gasteiger partial charge in [-0.3, -0.25) is 9.69 Å². The van der Waals surface area contributed by atoms with Crippen LogP contribution in [0.15, 0.2) is 18.2 Å². The Labute approximate surface area is 106 Å². The average Bonchev–Trinajstić information content (AvgIpc) is 2.72. The third kappa shape index (κ3) is 2.60. The Morgan fingerprint density at radius 1 is 1.61 bits per heavy atom. The summed E-state index contributed by atoms with van der Waals surface area (Å²) in [6, 6.07) is 5.66. The molecule has 1 aromatic heterocycles. The topological polar surface area (TPSA) is 97.3 Å². The first kappa shape index (κ1) is 12.8. The Morgan fingerprint density at radius 2 is 2.39 bits per heavy atom. The summed E-state index contributed by atoms with van der Waals surface area (Å²) in [5.74, 6) is 5.74. The molecule has 1 fully saturated rings. The Balaban J connectivity index is 2.01. The lowest BCUT2D eigenvalue weighted by molar-refractivity contribution is -0.126. The predicted molar refractivity (Wildman–Crippen MR) is 69.2 cm³/mol. The maximum atomic E-state index is 11.4. The number of carbonyl (C=O) groups is 1. The second kappa shape index (κ2) is 4.91. The number of hydrazine groups is 1. The van der Waals surface area contributed by atoms with E-state index in [2.05, 4.69) is 15.3 Å². The highest BCUT2D eigenvalue weighted by Crippen LogP contribution is 2.30. The number of aromatic nitrogens is 1. The fourth-order valence-electron chi connectivity index (χ4n) is 2.27. The van der Waals surface area contributed by atoms with Crippen LogP contribution >= 0.6 is 0 Å². The minimum absolute atomic E-state index is 0.227. The van der Waals surface area contributed by atoms with Gasteiger partial charge in [-0.2, -0.15) is 0 Å². The van der Waals surface area contributed by atoms with E-state index in [4.69, 9.17) is 11.6 Å². The van der Waals surface area contributed by atoms with Crippen molar-refractivity contribution in [1.82, 2.24) is 9.88 Å². The van der Waals surface area contributed by atoms with E-state index in [0.717, 1.165) is 18.7 Å². The van der Waals surface area contributed by atoms with Gasteiger partial charge in [0.05, 0.1) is 11.1 Å². The van der Waals surface area contributed by atoms with E-state index in [9.17, 15) is 4.79 Å². The summed E-state index contributed by atoms with van der Waals surface area (Å²) in [5, 5.41) is 0. The number of primary amides is 1. The van der Waals surface area contributed by atoms with Crippen molar-refractivity contribution in [2.24, 2.45) is 17.0 Å². The summed E-state index contributed by atoms with van der Waals surface area (Å²) in [4.78, 5) is 17.9. The van der Waals surface area contributed by atoms with Crippen LogP contribution in [0.5, 0.6) is 0 Å². The fourth-order valence-corrected chi connectivity index (χ4v) is 2.27. The monoisotopic (exact) mass is 249 g/mol. The van der Waals surface area contributed by atoms with E-state index >= 15 is 0 Å². The molecule has 1 saturated heterocycles. The molecule has 2 rings (SSSR count).